The molecule has 2 aliphatic rings. The summed E-state index contributed by atoms with van der Waals surface area (Å²) in [6.45, 7) is 7.72. The number of hydrogen-bond donors (Lipinski definition) is 1. The topological polar surface area (TPSA) is 18.5 Å². The number of nitrogens with one attached hydrogen (secondary N) is 1. The highest BCUT2D eigenvalue weighted by atomic mass is 19.1. The van der Waals surface area contributed by atoms with Crippen LogP contribution >= 0.6 is 0 Å². The highest BCUT2D eigenvalue weighted by molar-refractivity contribution is 5.46. The number of benzene rings is 1. The monoisotopic (exact) mass is 277 g/mol. The summed E-state index contributed by atoms with van der Waals surface area (Å²) in [7, 11) is 0. The molecule has 1 saturated carbocycles. The third kappa shape index (κ3) is 3.93. The predicted octanol–water partition coefficient (Wildman–Crippen LogP) is 1.95. The molecule has 0 amide bonds. The summed E-state index contributed by atoms with van der Waals surface area (Å²) in [6, 6.07) is 6.84. The molecule has 1 aliphatic carbocycles. The standard InChI is InChI=1S/C16H24FN3/c17-15-3-5-16(6-4-15)20-11-9-19(10-12-20)8-7-18-13-14-1-2-14/h3-6,14,18H,1-2,7-13H2. The maximum atomic E-state index is 12.9. The van der Waals surface area contributed by atoms with Crippen molar-refractivity contribution in [1.82, 2.24) is 10.2 Å². The molecule has 1 aromatic rings. The van der Waals surface area contributed by atoms with Crippen LogP contribution in [0, 0.1) is 11.7 Å². The molecule has 0 radical (unpaired) electrons. The minimum Gasteiger partial charge on any atom is -0.369 e. The minimum atomic E-state index is -0.158. The van der Waals surface area contributed by atoms with Crippen LogP contribution in [0.3, 0.4) is 0 Å². The van der Waals surface area contributed by atoms with E-state index >= 15 is 0 Å². The van der Waals surface area contributed by atoms with Gasteiger partial charge in [0.15, 0.2) is 0 Å². The van der Waals surface area contributed by atoms with E-state index in [0.29, 0.717) is 0 Å². The van der Waals surface area contributed by atoms with Crippen molar-refractivity contribution in [2.45, 2.75) is 12.8 Å². The molecule has 1 aliphatic heterocycles. The quantitative estimate of drug-likeness (QED) is 0.802. The second-order valence-corrected chi connectivity index (χ2v) is 5.95. The van der Waals surface area contributed by atoms with E-state index in [2.05, 4.69) is 15.1 Å². The SMILES string of the molecule is Fc1ccc(N2CCN(CCNCC3CC3)CC2)cc1. The smallest absolute Gasteiger partial charge is 0.123 e. The van der Waals surface area contributed by atoms with E-state index in [4.69, 9.17) is 0 Å². The summed E-state index contributed by atoms with van der Waals surface area (Å²) < 4.78 is 12.9. The average Bonchev–Trinajstić information content (AvgIpc) is 3.29. The van der Waals surface area contributed by atoms with E-state index in [9.17, 15) is 4.39 Å². The molecule has 1 saturated heterocycles. The Morgan fingerprint density at radius 1 is 1.05 bits per heavy atom. The zero-order valence-corrected chi connectivity index (χ0v) is 12.0. The fraction of sp³-hybridized carbons (Fsp3) is 0.625. The molecule has 1 heterocycles. The van der Waals surface area contributed by atoms with Crippen molar-refractivity contribution in [2.24, 2.45) is 5.92 Å². The number of rotatable bonds is 6. The Hall–Kier alpha value is -1.13. The maximum Gasteiger partial charge on any atom is 0.123 e. The zero-order valence-electron chi connectivity index (χ0n) is 12.0. The van der Waals surface area contributed by atoms with Crippen molar-refractivity contribution in [2.75, 3.05) is 50.7 Å². The van der Waals surface area contributed by atoms with Crippen LogP contribution in [0.1, 0.15) is 12.8 Å². The number of halogens is 1. The summed E-state index contributed by atoms with van der Waals surface area (Å²) in [5.74, 6) is 0.805. The van der Waals surface area contributed by atoms with Crippen LogP contribution in [0.2, 0.25) is 0 Å². The fourth-order valence-corrected chi connectivity index (χ4v) is 2.75. The van der Waals surface area contributed by atoms with Gasteiger partial charge in [-0.05, 0) is 49.6 Å². The van der Waals surface area contributed by atoms with Crippen LogP contribution in [-0.2, 0) is 0 Å². The van der Waals surface area contributed by atoms with Crippen LogP contribution < -0.4 is 10.2 Å². The van der Waals surface area contributed by atoms with Gasteiger partial charge < -0.3 is 10.2 Å². The molecule has 0 atom stereocenters. The molecule has 0 bridgehead atoms. The summed E-state index contributed by atoms with van der Waals surface area (Å²) in [5, 5.41) is 3.55. The lowest BCUT2D eigenvalue weighted by atomic mass is 10.2. The number of hydrogen-bond acceptors (Lipinski definition) is 3. The molecule has 3 rings (SSSR count). The molecule has 4 heteroatoms. The van der Waals surface area contributed by atoms with Crippen LogP contribution in [-0.4, -0.2) is 50.7 Å². The fourth-order valence-electron chi connectivity index (χ4n) is 2.75. The second-order valence-electron chi connectivity index (χ2n) is 5.95. The Balaban J connectivity index is 1.36. The van der Waals surface area contributed by atoms with Gasteiger partial charge in [0.1, 0.15) is 5.82 Å². The van der Waals surface area contributed by atoms with Gasteiger partial charge in [-0.1, -0.05) is 0 Å². The molecule has 3 nitrogen and oxygen atoms in total. The number of piperazine rings is 1. The highest BCUT2D eigenvalue weighted by Crippen LogP contribution is 2.27. The van der Waals surface area contributed by atoms with Gasteiger partial charge in [0.2, 0.25) is 0 Å². The molecular weight excluding hydrogens is 253 g/mol. The average molecular weight is 277 g/mol. The first-order valence-corrected chi connectivity index (χ1v) is 7.75. The van der Waals surface area contributed by atoms with E-state index in [1.165, 1.54) is 19.4 Å². The highest BCUT2D eigenvalue weighted by Gasteiger charge is 2.20. The minimum absolute atomic E-state index is 0.158. The van der Waals surface area contributed by atoms with Crippen molar-refractivity contribution in [1.29, 1.82) is 0 Å². The van der Waals surface area contributed by atoms with Gasteiger partial charge in [-0.3, -0.25) is 4.90 Å². The second kappa shape index (κ2) is 6.55. The van der Waals surface area contributed by atoms with Gasteiger partial charge in [0.25, 0.3) is 0 Å². The van der Waals surface area contributed by atoms with E-state index < -0.39 is 0 Å². The zero-order chi connectivity index (χ0) is 13.8. The Kier molecular flexibility index (Phi) is 4.53. The van der Waals surface area contributed by atoms with Gasteiger partial charge in [-0.15, -0.1) is 0 Å². The lowest BCUT2D eigenvalue weighted by molar-refractivity contribution is 0.257. The van der Waals surface area contributed by atoms with Gasteiger partial charge in [-0.2, -0.15) is 0 Å². The summed E-state index contributed by atoms with van der Waals surface area (Å²) in [6.07, 6.45) is 2.84. The maximum absolute atomic E-state index is 12.9. The Bertz CT molecular complexity index is 408. The van der Waals surface area contributed by atoms with Crippen molar-refractivity contribution in [3.63, 3.8) is 0 Å². The molecule has 1 aromatic carbocycles. The van der Waals surface area contributed by atoms with E-state index in [0.717, 1.165) is 50.9 Å². The molecule has 0 aromatic heterocycles. The first-order valence-electron chi connectivity index (χ1n) is 7.75. The lowest BCUT2D eigenvalue weighted by Gasteiger charge is -2.36. The van der Waals surface area contributed by atoms with Gasteiger partial charge in [0.05, 0.1) is 0 Å². The van der Waals surface area contributed by atoms with Gasteiger partial charge in [-0.25, -0.2) is 4.39 Å². The van der Waals surface area contributed by atoms with Crippen LogP contribution in [0.5, 0.6) is 0 Å². The molecule has 0 spiro atoms. The largest absolute Gasteiger partial charge is 0.369 e. The summed E-state index contributed by atoms with van der Waals surface area (Å²) in [4.78, 5) is 4.85. The lowest BCUT2D eigenvalue weighted by Crippen LogP contribution is -2.48. The van der Waals surface area contributed by atoms with Gasteiger partial charge in [0, 0.05) is 45.0 Å². The molecule has 0 unspecified atom stereocenters. The third-order valence-corrected chi connectivity index (χ3v) is 4.30. The normalized spacial score (nSPS) is 20.4. The van der Waals surface area contributed by atoms with Crippen molar-refractivity contribution in [3.05, 3.63) is 30.1 Å². The predicted molar refractivity (Wildman–Crippen MR) is 80.6 cm³/mol. The van der Waals surface area contributed by atoms with E-state index in [1.807, 2.05) is 12.1 Å². The van der Waals surface area contributed by atoms with Crippen molar-refractivity contribution >= 4 is 5.69 Å². The van der Waals surface area contributed by atoms with Gasteiger partial charge >= 0.3 is 0 Å². The molecule has 1 N–H and O–H groups in total. The third-order valence-electron chi connectivity index (χ3n) is 4.30. The van der Waals surface area contributed by atoms with Crippen molar-refractivity contribution in [3.8, 4) is 0 Å². The number of anilines is 1. The number of nitrogens with zero attached hydrogens (tertiary/aromatic N) is 2. The Labute approximate surface area is 120 Å². The van der Waals surface area contributed by atoms with E-state index in [1.54, 1.807) is 12.1 Å². The molecule has 20 heavy (non-hydrogen) atoms. The molecule has 2 fully saturated rings. The summed E-state index contributed by atoms with van der Waals surface area (Å²) in [5.41, 5.74) is 1.14. The summed E-state index contributed by atoms with van der Waals surface area (Å²) >= 11 is 0. The van der Waals surface area contributed by atoms with Crippen LogP contribution in [0.4, 0.5) is 10.1 Å². The van der Waals surface area contributed by atoms with Crippen LogP contribution in [0.15, 0.2) is 24.3 Å². The molecule has 110 valence electrons. The van der Waals surface area contributed by atoms with E-state index in [-0.39, 0.29) is 5.82 Å². The van der Waals surface area contributed by atoms with Crippen LogP contribution in [0.25, 0.3) is 0 Å². The molecular formula is C16H24FN3. The first-order chi connectivity index (χ1) is 9.81. The first kappa shape index (κ1) is 13.8. The Morgan fingerprint density at radius 2 is 1.75 bits per heavy atom. The van der Waals surface area contributed by atoms with Crippen molar-refractivity contribution < 1.29 is 4.39 Å². The Morgan fingerprint density at radius 3 is 2.40 bits per heavy atom.